The van der Waals surface area contributed by atoms with Crippen LogP contribution in [0.25, 0.3) is 10.8 Å². The number of hydrogen-bond acceptors (Lipinski definition) is 1. The molecule has 0 radical (unpaired) electrons. The summed E-state index contributed by atoms with van der Waals surface area (Å²) in [5.74, 6) is 3.75. The molecule has 1 saturated heterocycles. The second-order valence-electron chi connectivity index (χ2n) is 4.68. The minimum atomic E-state index is 0.484. The van der Waals surface area contributed by atoms with Crippen LogP contribution in [0, 0.1) is 0 Å². The van der Waals surface area contributed by atoms with Gasteiger partial charge in [0, 0.05) is 16.3 Å². The predicted molar refractivity (Wildman–Crippen MR) is 79.7 cm³/mol. The maximum Gasteiger partial charge on any atom is 0.162 e. The zero-order chi connectivity index (χ0) is 12.4. The Morgan fingerprint density at radius 2 is 1.94 bits per heavy atom. The van der Waals surface area contributed by atoms with Gasteiger partial charge in [0.15, 0.2) is 4.90 Å². The van der Waals surface area contributed by atoms with Gasteiger partial charge in [0.05, 0.1) is 6.61 Å². The van der Waals surface area contributed by atoms with Gasteiger partial charge in [-0.25, -0.2) is 0 Å². The molecule has 1 aliphatic heterocycles. The summed E-state index contributed by atoms with van der Waals surface area (Å²) >= 11 is 0. The predicted octanol–water partition coefficient (Wildman–Crippen LogP) is 4.01. The van der Waals surface area contributed by atoms with Crippen LogP contribution in [0.2, 0.25) is 0 Å². The van der Waals surface area contributed by atoms with Crippen molar-refractivity contribution < 1.29 is 4.74 Å². The minimum Gasteiger partial charge on any atom is -0.494 e. The van der Waals surface area contributed by atoms with Crippen LogP contribution in [0.3, 0.4) is 0 Å². The summed E-state index contributed by atoms with van der Waals surface area (Å²) in [6.45, 7) is 2.76. The van der Waals surface area contributed by atoms with Crippen LogP contribution in [0.5, 0.6) is 5.75 Å². The summed E-state index contributed by atoms with van der Waals surface area (Å²) in [6.07, 6.45) is 2.80. The molecule has 0 atom stereocenters. The van der Waals surface area contributed by atoms with Gasteiger partial charge in [0.2, 0.25) is 0 Å². The van der Waals surface area contributed by atoms with Crippen LogP contribution in [0.15, 0.2) is 41.3 Å². The van der Waals surface area contributed by atoms with Gasteiger partial charge in [-0.2, -0.15) is 0 Å². The quantitative estimate of drug-likeness (QED) is 0.757. The molecule has 0 spiro atoms. The third kappa shape index (κ3) is 2.22. The molecule has 0 bridgehead atoms. The third-order valence-electron chi connectivity index (χ3n) is 3.47. The molecule has 0 N–H and O–H groups in total. The molecule has 0 saturated carbocycles. The summed E-state index contributed by atoms with van der Waals surface area (Å²) in [4.78, 5) is 1.56. The molecular formula is C16H19OS+. The van der Waals surface area contributed by atoms with E-state index in [4.69, 9.17) is 4.74 Å². The van der Waals surface area contributed by atoms with Gasteiger partial charge in [0.1, 0.15) is 17.3 Å². The highest BCUT2D eigenvalue weighted by Gasteiger charge is 2.28. The Hall–Kier alpha value is -1.15. The molecule has 0 aliphatic carbocycles. The molecule has 0 unspecified atom stereocenters. The highest BCUT2D eigenvalue weighted by Crippen LogP contribution is 2.31. The van der Waals surface area contributed by atoms with Crippen LogP contribution in [0.1, 0.15) is 19.8 Å². The van der Waals surface area contributed by atoms with Crippen molar-refractivity contribution in [2.24, 2.45) is 0 Å². The van der Waals surface area contributed by atoms with Gasteiger partial charge in [0.25, 0.3) is 0 Å². The molecule has 2 heteroatoms. The van der Waals surface area contributed by atoms with Gasteiger partial charge in [-0.05, 0) is 49.4 Å². The monoisotopic (exact) mass is 259 g/mol. The van der Waals surface area contributed by atoms with Gasteiger partial charge in [-0.15, -0.1) is 0 Å². The zero-order valence-electron chi connectivity index (χ0n) is 10.8. The molecule has 1 aliphatic rings. The van der Waals surface area contributed by atoms with Crippen molar-refractivity contribution in [2.45, 2.75) is 24.7 Å². The standard InChI is InChI=1S/C16H19OS/c1-2-17-14-8-9-15-13(12-14)6-5-7-16(15)18-10-3-4-11-18/h5-9,12H,2-4,10-11H2,1H3/q+1. The molecule has 2 aromatic carbocycles. The lowest BCUT2D eigenvalue weighted by molar-refractivity contribution is 0.340. The van der Waals surface area contributed by atoms with Gasteiger partial charge >= 0.3 is 0 Å². The average Bonchev–Trinajstić information content (AvgIpc) is 2.92. The van der Waals surface area contributed by atoms with E-state index in [-0.39, 0.29) is 0 Å². The Labute approximate surface area is 112 Å². The largest absolute Gasteiger partial charge is 0.494 e. The van der Waals surface area contributed by atoms with Crippen LogP contribution >= 0.6 is 0 Å². The van der Waals surface area contributed by atoms with E-state index in [1.54, 1.807) is 4.90 Å². The molecule has 94 valence electrons. The normalized spacial score (nSPS) is 16.3. The highest BCUT2D eigenvalue weighted by atomic mass is 32.2. The molecule has 1 heterocycles. The summed E-state index contributed by atoms with van der Waals surface area (Å²) in [5.41, 5.74) is 0. The summed E-state index contributed by atoms with van der Waals surface area (Å²) in [6, 6.07) is 13.2. The lowest BCUT2D eigenvalue weighted by Crippen LogP contribution is -2.04. The van der Waals surface area contributed by atoms with E-state index in [0.717, 1.165) is 12.4 Å². The molecule has 3 rings (SSSR count). The Morgan fingerprint density at radius 1 is 1.11 bits per heavy atom. The summed E-state index contributed by atoms with van der Waals surface area (Å²) < 4.78 is 5.58. The Kier molecular flexibility index (Phi) is 3.46. The number of rotatable bonds is 3. The fraction of sp³-hybridized carbons (Fsp3) is 0.375. The highest BCUT2D eigenvalue weighted by molar-refractivity contribution is 7.97. The SMILES string of the molecule is CCOc1ccc2c([S+]3CCCC3)cccc2c1. The fourth-order valence-corrected chi connectivity index (χ4v) is 5.13. The smallest absolute Gasteiger partial charge is 0.162 e. The lowest BCUT2D eigenvalue weighted by atomic mass is 10.1. The van der Waals surface area contributed by atoms with Crippen molar-refractivity contribution in [3.63, 3.8) is 0 Å². The van der Waals surface area contributed by atoms with E-state index in [2.05, 4.69) is 36.4 Å². The first-order chi connectivity index (χ1) is 8.88. The molecular weight excluding hydrogens is 240 g/mol. The Balaban J connectivity index is 2.04. The molecule has 1 nitrogen and oxygen atoms in total. The zero-order valence-corrected chi connectivity index (χ0v) is 11.6. The second-order valence-corrected chi connectivity index (χ2v) is 6.92. The van der Waals surface area contributed by atoms with E-state index < -0.39 is 0 Å². The minimum absolute atomic E-state index is 0.484. The maximum absolute atomic E-state index is 5.58. The third-order valence-corrected chi connectivity index (χ3v) is 6.01. The Morgan fingerprint density at radius 3 is 2.72 bits per heavy atom. The van der Waals surface area contributed by atoms with Gasteiger partial charge in [-0.3, -0.25) is 0 Å². The Bertz CT molecular complexity index is 544. The first kappa shape index (κ1) is 11.9. The number of ether oxygens (including phenoxy) is 1. The van der Waals surface area contributed by atoms with Crippen molar-refractivity contribution in [2.75, 3.05) is 18.1 Å². The van der Waals surface area contributed by atoms with E-state index in [0.29, 0.717) is 10.9 Å². The van der Waals surface area contributed by atoms with Crippen LogP contribution in [0.4, 0.5) is 0 Å². The van der Waals surface area contributed by atoms with E-state index >= 15 is 0 Å². The maximum atomic E-state index is 5.58. The van der Waals surface area contributed by atoms with Crippen molar-refractivity contribution in [1.29, 1.82) is 0 Å². The molecule has 1 fully saturated rings. The molecule has 2 aromatic rings. The van der Waals surface area contributed by atoms with Crippen LogP contribution in [-0.2, 0) is 10.9 Å². The number of benzene rings is 2. The second kappa shape index (κ2) is 5.23. The van der Waals surface area contributed by atoms with Crippen LogP contribution in [-0.4, -0.2) is 18.1 Å². The first-order valence-corrected chi connectivity index (χ1v) is 8.28. The van der Waals surface area contributed by atoms with Crippen molar-refractivity contribution in [3.8, 4) is 5.75 Å². The lowest BCUT2D eigenvalue weighted by Gasteiger charge is -2.07. The van der Waals surface area contributed by atoms with Gasteiger partial charge in [-0.1, -0.05) is 12.1 Å². The van der Waals surface area contributed by atoms with Gasteiger partial charge < -0.3 is 4.74 Å². The summed E-state index contributed by atoms with van der Waals surface area (Å²) in [7, 11) is 0.484. The van der Waals surface area contributed by atoms with Crippen molar-refractivity contribution in [1.82, 2.24) is 0 Å². The van der Waals surface area contributed by atoms with E-state index in [9.17, 15) is 0 Å². The topological polar surface area (TPSA) is 9.23 Å². The number of hydrogen-bond donors (Lipinski definition) is 0. The summed E-state index contributed by atoms with van der Waals surface area (Å²) in [5, 5.41) is 2.74. The molecule has 18 heavy (non-hydrogen) atoms. The first-order valence-electron chi connectivity index (χ1n) is 6.71. The van der Waals surface area contributed by atoms with Crippen molar-refractivity contribution >= 4 is 21.7 Å². The van der Waals surface area contributed by atoms with Crippen molar-refractivity contribution in [3.05, 3.63) is 36.4 Å². The molecule has 0 amide bonds. The number of fused-ring (bicyclic) bond motifs is 1. The molecule has 0 aromatic heterocycles. The fourth-order valence-electron chi connectivity index (χ4n) is 2.61. The van der Waals surface area contributed by atoms with E-state index in [1.165, 1.54) is 35.1 Å². The average molecular weight is 259 g/mol. The van der Waals surface area contributed by atoms with Crippen LogP contribution < -0.4 is 4.74 Å². The van der Waals surface area contributed by atoms with E-state index in [1.807, 2.05) is 6.92 Å².